The number of rotatable bonds is 9. The molecule has 1 aromatic carbocycles. The Hall–Kier alpha value is -2.61. The van der Waals surface area contributed by atoms with Gasteiger partial charge in [0.25, 0.3) is 0 Å². The molecule has 1 heterocycles. The van der Waals surface area contributed by atoms with E-state index in [9.17, 15) is 23.1 Å². The fraction of sp³-hybridized carbons (Fsp3) is 0.500. The number of carbonyl (C=O) groups excluding carboxylic acids is 1. The van der Waals surface area contributed by atoms with Crippen molar-refractivity contribution in [1.29, 1.82) is 0 Å². The van der Waals surface area contributed by atoms with Crippen molar-refractivity contribution in [3.63, 3.8) is 0 Å². The number of aryl methyl sites for hydroxylation is 1. The first-order chi connectivity index (χ1) is 15.0. The summed E-state index contributed by atoms with van der Waals surface area (Å²) in [6.45, 7) is 2.05. The third-order valence-electron chi connectivity index (χ3n) is 6.41. The van der Waals surface area contributed by atoms with Crippen LogP contribution in [0.4, 0.5) is 13.2 Å². The summed E-state index contributed by atoms with van der Waals surface area (Å²) in [7, 11) is 3.78. The molecular weight excluding hydrogens is 419 g/mol. The summed E-state index contributed by atoms with van der Waals surface area (Å²) >= 11 is 0. The zero-order valence-electron chi connectivity index (χ0n) is 18.6. The van der Waals surface area contributed by atoms with Gasteiger partial charge in [0.05, 0.1) is 5.41 Å². The number of nitrogens with one attached hydrogen (secondary N) is 1. The lowest BCUT2D eigenvalue weighted by molar-refractivity contribution is -0.194. The van der Waals surface area contributed by atoms with E-state index in [1.165, 1.54) is 6.20 Å². The molecule has 8 heteroatoms. The Labute approximate surface area is 186 Å². The van der Waals surface area contributed by atoms with Crippen LogP contribution in [-0.4, -0.2) is 53.8 Å². The van der Waals surface area contributed by atoms with Crippen LogP contribution in [0.1, 0.15) is 42.0 Å². The molecule has 5 nitrogen and oxygen atoms in total. The predicted molar refractivity (Wildman–Crippen MR) is 116 cm³/mol. The van der Waals surface area contributed by atoms with E-state index < -0.39 is 23.4 Å². The number of halogens is 3. The number of aromatic nitrogens is 1. The van der Waals surface area contributed by atoms with Gasteiger partial charge in [-0.15, -0.1) is 0 Å². The maximum atomic E-state index is 13.9. The highest BCUT2D eigenvalue weighted by Gasteiger charge is 2.67. The molecule has 0 bridgehead atoms. The molecule has 32 heavy (non-hydrogen) atoms. The first-order valence-electron chi connectivity index (χ1n) is 10.7. The van der Waals surface area contributed by atoms with Crippen LogP contribution < -0.4 is 5.32 Å². The van der Waals surface area contributed by atoms with Gasteiger partial charge >= 0.3 is 6.18 Å². The SMILES string of the molecule is Cc1cc(C(CC(=O)NCC(Cc2ccc(O)cc2)N(C)C)C2(C(F)(F)F)CC2)ccn1. The standard InChI is InChI=1S/C24H30F3N3O2/c1-16-12-18(8-11-28-16)21(23(9-10-23)24(25,26)27)14-22(32)29-15-19(30(2)3)13-17-4-6-20(31)7-5-17/h4-8,11-12,19,21,31H,9-10,13-15H2,1-3H3,(H,29,32). The summed E-state index contributed by atoms with van der Waals surface area (Å²) in [5.74, 6) is -1.14. The Kier molecular flexibility index (Phi) is 7.12. The van der Waals surface area contributed by atoms with Gasteiger partial charge in [-0.3, -0.25) is 9.78 Å². The summed E-state index contributed by atoms with van der Waals surface area (Å²) in [6.07, 6.45) is -2.37. The number of amides is 1. The number of phenolic OH excluding ortho intramolecular Hbond substituents is 1. The molecule has 1 saturated carbocycles. The molecule has 2 aromatic rings. The topological polar surface area (TPSA) is 65.5 Å². The van der Waals surface area contributed by atoms with Gasteiger partial charge in [-0.05, 0) is 75.7 Å². The van der Waals surface area contributed by atoms with Crippen LogP contribution in [-0.2, 0) is 11.2 Å². The maximum Gasteiger partial charge on any atom is 0.395 e. The van der Waals surface area contributed by atoms with Crippen LogP contribution >= 0.6 is 0 Å². The van der Waals surface area contributed by atoms with E-state index >= 15 is 0 Å². The first kappa shape index (κ1) is 24.0. The van der Waals surface area contributed by atoms with Gasteiger partial charge in [-0.25, -0.2) is 0 Å². The summed E-state index contributed by atoms with van der Waals surface area (Å²) in [4.78, 5) is 18.8. The molecule has 2 unspecified atom stereocenters. The lowest BCUT2D eigenvalue weighted by Crippen LogP contribution is -2.42. The number of phenols is 1. The Morgan fingerprint density at radius 1 is 1.22 bits per heavy atom. The molecule has 1 aliphatic carbocycles. The summed E-state index contributed by atoms with van der Waals surface area (Å²) in [6, 6.07) is 10.0. The predicted octanol–water partition coefficient (Wildman–Crippen LogP) is 4.20. The fourth-order valence-electron chi connectivity index (χ4n) is 4.21. The number of hydrogen-bond donors (Lipinski definition) is 2. The van der Waals surface area contributed by atoms with Crippen molar-refractivity contribution in [3.05, 3.63) is 59.4 Å². The average Bonchev–Trinajstić information content (AvgIpc) is 3.52. The van der Waals surface area contributed by atoms with E-state index in [-0.39, 0.29) is 31.1 Å². The molecule has 1 fully saturated rings. The van der Waals surface area contributed by atoms with E-state index in [4.69, 9.17) is 0 Å². The van der Waals surface area contributed by atoms with Crippen molar-refractivity contribution < 1.29 is 23.1 Å². The van der Waals surface area contributed by atoms with Gasteiger partial charge in [-0.1, -0.05) is 12.1 Å². The number of carbonyl (C=O) groups is 1. The van der Waals surface area contributed by atoms with E-state index in [1.807, 2.05) is 31.1 Å². The van der Waals surface area contributed by atoms with Gasteiger partial charge in [0.2, 0.25) is 5.91 Å². The molecule has 2 N–H and O–H groups in total. The molecule has 3 rings (SSSR count). The van der Waals surface area contributed by atoms with Crippen molar-refractivity contribution >= 4 is 5.91 Å². The minimum Gasteiger partial charge on any atom is -0.508 e. The highest BCUT2D eigenvalue weighted by atomic mass is 19.4. The van der Waals surface area contributed by atoms with Crippen molar-refractivity contribution in [2.45, 2.75) is 50.7 Å². The average molecular weight is 450 g/mol. The summed E-state index contributed by atoms with van der Waals surface area (Å²) in [5, 5.41) is 12.3. The minimum atomic E-state index is -4.36. The van der Waals surface area contributed by atoms with Crippen LogP contribution in [0.2, 0.25) is 0 Å². The number of pyridine rings is 1. The first-order valence-corrected chi connectivity index (χ1v) is 10.7. The molecule has 1 aromatic heterocycles. The number of likely N-dealkylation sites (N-methyl/N-ethyl adjacent to an activating group) is 1. The Morgan fingerprint density at radius 2 is 1.88 bits per heavy atom. The van der Waals surface area contributed by atoms with Gasteiger partial charge < -0.3 is 15.3 Å². The molecule has 1 aliphatic rings. The van der Waals surface area contributed by atoms with E-state index in [1.54, 1.807) is 31.2 Å². The van der Waals surface area contributed by atoms with Crippen LogP contribution in [0, 0.1) is 12.3 Å². The molecule has 1 amide bonds. The monoisotopic (exact) mass is 449 g/mol. The fourth-order valence-corrected chi connectivity index (χ4v) is 4.21. The van der Waals surface area contributed by atoms with Crippen LogP contribution in [0.3, 0.4) is 0 Å². The quantitative estimate of drug-likeness (QED) is 0.602. The lowest BCUT2D eigenvalue weighted by Gasteiger charge is -2.30. The second-order valence-electron chi connectivity index (χ2n) is 8.93. The normalized spacial score (nSPS) is 17.1. The molecular formula is C24H30F3N3O2. The molecule has 0 spiro atoms. The van der Waals surface area contributed by atoms with Gasteiger partial charge in [0.15, 0.2) is 0 Å². The van der Waals surface area contributed by atoms with Crippen molar-refractivity contribution in [1.82, 2.24) is 15.2 Å². The maximum absolute atomic E-state index is 13.9. The second kappa shape index (κ2) is 9.48. The third kappa shape index (κ3) is 5.59. The number of aromatic hydroxyl groups is 1. The highest BCUT2D eigenvalue weighted by Crippen LogP contribution is 2.66. The Morgan fingerprint density at radius 3 is 2.41 bits per heavy atom. The molecule has 0 radical (unpaired) electrons. The zero-order chi connectivity index (χ0) is 23.5. The van der Waals surface area contributed by atoms with E-state index in [0.29, 0.717) is 24.2 Å². The van der Waals surface area contributed by atoms with Crippen molar-refractivity contribution in [2.24, 2.45) is 5.41 Å². The summed E-state index contributed by atoms with van der Waals surface area (Å²) < 4.78 is 41.7. The van der Waals surface area contributed by atoms with Gasteiger partial charge in [0.1, 0.15) is 5.75 Å². The minimum absolute atomic E-state index is 0.0387. The van der Waals surface area contributed by atoms with Crippen LogP contribution in [0.15, 0.2) is 42.6 Å². The second-order valence-corrected chi connectivity index (χ2v) is 8.93. The zero-order valence-corrected chi connectivity index (χ0v) is 18.6. The molecule has 2 atom stereocenters. The van der Waals surface area contributed by atoms with Crippen LogP contribution in [0.5, 0.6) is 5.75 Å². The molecule has 174 valence electrons. The van der Waals surface area contributed by atoms with Gasteiger partial charge in [-0.2, -0.15) is 13.2 Å². The lowest BCUT2D eigenvalue weighted by atomic mass is 9.80. The smallest absolute Gasteiger partial charge is 0.395 e. The van der Waals surface area contributed by atoms with Crippen molar-refractivity contribution in [2.75, 3.05) is 20.6 Å². The molecule has 0 saturated heterocycles. The number of hydrogen-bond acceptors (Lipinski definition) is 4. The number of nitrogens with zero attached hydrogens (tertiary/aromatic N) is 2. The third-order valence-corrected chi connectivity index (χ3v) is 6.41. The van der Waals surface area contributed by atoms with Crippen molar-refractivity contribution in [3.8, 4) is 5.75 Å². The highest BCUT2D eigenvalue weighted by molar-refractivity contribution is 5.77. The van der Waals surface area contributed by atoms with E-state index in [2.05, 4.69) is 10.3 Å². The Balaban J connectivity index is 1.70. The van der Waals surface area contributed by atoms with Crippen LogP contribution in [0.25, 0.3) is 0 Å². The van der Waals surface area contributed by atoms with E-state index in [0.717, 1.165) is 5.56 Å². The largest absolute Gasteiger partial charge is 0.508 e. The molecule has 0 aliphatic heterocycles. The summed E-state index contributed by atoms with van der Waals surface area (Å²) in [5.41, 5.74) is 0.295. The Bertz CT molecular complexity index is 925. The number of benzene rings is 1. The van der Waals surface area contributed by atoms with Gasteiger partial charge in [0, 0.05) is 36.8 Å². The number of alkyl halides is 3.